The van der Waals surface area contributed by atoms with Gasteiger partial charge in [0, 0.05) is 12.4 Å². The van der Waals surface area contributed by atoms with E-state index in [0.29, 0.717) is 6.42 Å². The Hall–Kier alpha value is -2.83. The Kier molecular flexibility index (Phi) is 9.64. The number of carboxylic acids is 1. The number of aliphatic carboxylic acids is 1. The number of ether oxygens (including phenoxy) is 2. The summed E-state index contributed by atoms with van der Waals surface area (Å²) in [5.41, 5.74) is 0.815. The molecule has 0 fully saturated rings. The van der Waals surface area contributed by atoms with Crippen LogP contribution in [0.3, 0.4) is 0 Å². The Morgan fingerprint density at radius 2 is 1.85 bits per heavy atom. The van der Waals surface area contributed by atoms with Gasteiger partial charge >= 0.3 is 12.1 Å². The molecule has 0 radical (unpaired) electrons. The molecule has 0 aliphatic heterocycles. The number of carboxylic acid groups (broad SMARTS) is 1. The SMILES string of the molecule is CCC=CC(CC(=O)[O-])OC(=O)[C@@H](NC(=O)OCc1ccccc1)C(C)C. The van der Waals surface area contributed by atoms with Gasteiger partial charge in [-0.25, -0.2) is 9.59 Å². The van der Waals surface area contributed by atoms with Gasteiger partial charge in [-0.1, -0.05) is 57.2 Å². The van der Waals surface area contributed by atoms with Gasteiger partial charge in [0.05, 0.1) is 0 Å². The van der Waals surface area contributed by atoms with Crippen LogP contribution in [0.15, 0.2) is 42.5 Å². The van der Waals surface area contributed by atoms with Crippen molar-refractivity contribution in [2.75, 3.05) is 0 Å². The second kappa shape index (κ2) is 11.7. The van der Waals surface area contributed by atoms with Crippen LogP contribution < -0.4 is 10.4 Å². The van der Waals surface area contributed by atoms with E-state index in [9.17, 15) is 19.5 Å². The van der Waals surface area contributed by atoms with Crippen molar-refractivity contribution in [3.63, 3.8) is 0 Å². The Morgan fingerprint density at radius 3 is 2.41 bits per heavy atom. The maximum atomic E-state index is 12.4. The third kappa shape index (κ3) is 8.89. The monoisotopic (exact) mass is 376 g/mol. The predicted molar refractivity (Wildman–Crippen MR) is 97.3 cm³/mol. The lowest BCUT2D eigenvalue weighted by Crippen LogP contribution is -2.46. The van der Waals surface area contributed by atoms with Gasteiger partial charge in [0.25, 0.3) is 0 Å². The molecule has 1 amide bonds. The first kappa shape index (κ1) is 22.2. The van der Waals surface area contributed by atoms with E-state index in [-0.39, 0.29) is 12.5 Å². The van der Waals surface area contributed by atoms with Crippen LogP contribution in [-0.2, 0) is 25.7 Å². The van der Waals surface area contributed by atoms with Crippen molar-refractivity contribution in [3.05, 3.63) is 48.0 Å². The molecule has 0 aliphatic carbocycles. The van der Waals surface area contributed by atoms with Crippen molar-refractivity contribution < 1.29 is 29.0 Å². The van der Waals surface area contributed by atoms with Gasteiger partial charge in [0.15, 0.2) is 0 Å². The van der Waals surface area contributed by atoms with E-state index in [1.54, 1.807) is 19.9 Å². The zero-order valence-electron chi connectivity index (χ0n) is 15.8. The second-order valence-electron chi connectivity index (χ2n) is 6.32. The van der Waals surface area contributed by atoms with E-state index in [0.717, 1.165) is 5.56 Å². The summed E-state index contributed by atoms with van der Waals surface area (Å²) in [5, 5.41) is 13.3. The molecular weight excluding hydrogens is 350 g/mol. The molecule has 1 N–H and O–H groups in total. The smallest absolute Gasteiger partial charge is 0.408 e. The molecule has 0 saturated heterocycles. The molecule has 0 bridgehead atoms. The van der Waals surface area contributed by atoms with E-state index < -0.39 is 36.6 Å². The summed E-state index contributed by atoms with van der Waals surface area (Å²) in [4.78, 5) is 35.3. The molecule has 0 saturated carbocycles. The van der Waals surface area contributed by atoms with Crippen LogP contribution in [0.25, 0.3) is 0 Å². The van der Waals surface area contributed by atoms with Gasteiger partial charge in [-0.05, 0) is 24.0 Å². The van der Waals surface area contributed by atoms with Crippen LogP contribution in [0.4, 0.5) is 4.79 Å². The lowest BCUT2D eigenvalue weighted by atomic mass is 10.0. The van der Waals surface area contributed by atoms with Crippen LogP contribution in [0.2, 0.25) is 0 Å². The van der Waals surface area contributed by atoms with Gasteiger partial charge in [0.2, 0.25) is 0 Å². The molecule has 148 valence electrons. The van der Waals surface area contributed by atoms with Crippen molar-refractivity contribution in [3.8, 4) is 0 Å². The Bertz CT molecular complexity index is 641. The van der Waals surface area contributed by atoms with Crippen molar-refractivity contribution in [2.45, 2.75) is 52.4 Å². The highest BCUT2D eigenvalue weighted by molar-refractivity contribution is 5.82. The van der Waals surface area contributed by atoms with Gasteiger partial charge in [-0.3, -0.25) is 0 Å². The van der Waals surface area contributed by atoms with E-state index in [4.69, 9.17) is 9.47 Å². The minimum atomic E-state index is -1.33. The first-order valence-electron chi connectivity index (χ1n) is 8.87. The van der Waals surface area contributed by atoms with Crippen molar-refractivity contribution >= 4 is 18.0 Å². The molecule has 27 heavy (non-hydrogen) atoms. The van der Waals surface area contributed by atoms with E-state index in [2.05, 4.69) is 5.32 Å². The summed E-state index contributed by atoms with van der Waals surface area (Å²) in [6.07, 6.45) is 1.71. The fraction of sp³-hybridized carbons (Fsp3) is 0.450. The molecule has 7 heteroatoms. The van der Waals surface area contributed by atoms with Gasteiger partial charge in [0.1, 0.15) is 18.8 Å². The zero-order valence-corrected chi connectivity index (χ0v) is 15.8. The first-order chi connectivity index (χ1) is 12.8. The van der Waals surface area contributed by atoms with Crippen LogP contribution in [0.1, 0.15) is 39.2 Å². The third-order valence-electron chi connectivity index (χ3n) is 3.63. The maximum Gasteiger partial charge on any atom is 0.408 e. The second-order valence-corrected chi connectivity index (χ2v) is 6.32. The highest BCUT2D eigenvalue weighted by Gasteiger charge is 2.28. The van der Waals surface area contributed by atoms with Crippen LogP contribution >= 0.6 is 0 Å². The number of benzene rings is 1. The molecule has 1 aromatic carbocycles. The number of nitrogens with one attached hydrogen (secondary N) is 1. The van der Waals surface area contributed by atoms with E-state index in [1.807, 2.05) is 37.3 Å². The number of hydrogen-bond donors (Lipinski definition) is 1. The minimum Gasteiger partial charge on any atom is -0.550 e. The van der Waals surface area contributed by atoms with Crippen LogP contribution in [0, 0.1) is 5.92 Å². The molecule has 0 spiro atoms. The number of rotatable bonds is 10. The number of carbonyl (C=O) groups excluding carboxylic acids is 3. The maximum absolute atomic E-state index is 12.4. The Balaban J connectivity index is 2.66. The van der Waals surface area contributed by atoms with Crippen molar-refractivity contribution in [1.29, 1.82) is 0 Å². The normalized spacial score (nSPS) is 13.2. The average molecular weight is 376 g/mol. The van der Waals surface area contributed by atoms with E-state index >= 15 is 0 Å². The predicted octanol–water partition coefficient (Wildman–Crippen LogP) is 1.96. The van der Waals surface area contributed by atoms with Crippen molar-refractivity contribution in [2.24, 2.45) is 5.92 Å². The topological polar surface area (TPSA) is 105 Å². The lowest BCUT2D eigenvalue weighted by molar-refractivity contribution is -0.307. The minimum absolute atomic E-state index is 0.0685. The fourth-order valence-corrected chi connectivity index (χ4v) is 2.21. The highest BCUT2D eigenvalue weighted by atomic mass is 16.6. The fourth-order valence-electron chi connectivity index (χ4n) is 2.21. The number of esters is 1. The molecule has 0 heterocycles. The number of carbonyl (C=O) groups is 3. The molecular formula is C20H26NO6-. The lowest BCUT2D eigenvalue weighted by Gasteiger charge is -2.23. The van der Waals surface area contributed by atoms with Gasteiger partial charge in [-0.15, -0.1) is 0 Å². The average Bonchev–Trinajstić information content (AvgIpc) is 2.62. The number of hydrogen-bond acceptors (Lipinski definition) is 6. The van der Waals surface area contributed by atoms with Gasteiger partial charge in [-0.2, -0.15) is 0 Å². The molecule has 1 aromatic rings. The number of alkyl carbamates (subject to hydrolysis) is 1. The van der Waals surface area contributed by atoms with Crippen LogP contribution in [0.5, 0.6) is 0 Å². The first-order valence-corrected chi connectivity index (χ1v) is 8.87. The van der Waals surface area contributed by atoms with Gasteiger partial charge < -0.3 is 24.7 Å². The quantitative estimate of drug-likeness (QED) is 0.494. The summed E-state index contributed by atoms with van der Waals surface area (Å²) < 4.78 is 10.4. The molecule has 1 rings (SSSR count). The molecule has 7 nitrogen and oxygen atoms in total. The summed E-state index contributed by atoms with van der Waals surface area (Å²) in [6, 6.07) is 8.16. The third-order valence-corrected chi connectivity index (χ3v) is 3.63. The Labute approximate surface area is 159 Å². The highest BCUT2D eigenvalue weighted by Crippen LogP contribution is 2.10. The summed E-state index contributed by atoms with van der Waals surface area (Å²) in [5.74, 6) is -2.33. The summed E-state index contributed by atoms with van der Waals surface area (Å²) >= 11 is 0. The molecule has 0 aliphatic rings. The Morgan fingerprint density at radius 1 is 1.19 bits per heavy atom. The molecule has 1 unspecified atom stereocenters. The number of amides is 1. The van der Waals surface area contributed by atoms with Crippen molar-refractivity contribution in [1.82, 2.24) is 5.32 Å². The van der Waals surface area contributed by atoms with E-state index in [1.165, 1.54) is 6.08 Å². The number of allylic oxidation sites excluding steroid dienone is 1. The zero-order chi connectivity index (χ0) is 20.2. The summed E-state index contributed by atoms with van der Waals surface area (Å²) in [6.45, 7) is 5.41. The molecule has 0 aromatic heterocycles. The van der Waals surface area contributed by atoms with Crippen LogP contribution in [-0.4, -0.2) is 30.2 Å². The largest absolute Gasteiger partial charge is 0.550 e. The summed E-state index contributed by atoms with van der Waals surface area (Å²) in [7, 11) is 0. The standard InChI is InChI=1S/C20H27NO6/c1-4-5-11-16(12-17(22)23)27-19(24)18(14(2)3)21-20(25)26-13-15-9-7-6-8-10-15/h5-11,14,16,18H,4,12-13H2,1-3H3,(H,21,25)(H,22,23)/p-1/t16?,18-/m0/s1. The molecule has 2 atom stereocenters.